The average Bonchev–Trinajstić information content (AvgIpc) is 3.74. The highest BCUT2D eigenvalue weighted by molar-refractivity contribution is 6.33. The van der Waals surface area contributed by atoms with Crippen LogP contribution in [0, 0.1) is 16.5 Å². The van der Waals surface area contributed by atoms with Gasteiger partial charge in [0.05, 0.1) is 35.9 Å². The number of nitrogens with zero attached hydrogens (tertiary/aromatic N) is 5. The number of H-pyrrole nitrogens is 1. The molecule has 1 amide bonds. The van der Waals surface area contributed by atoms with Gasteiger partial charge in [0.25, 0.3) is 0 Å². The number of nitrogens with one attached hydrogen (secondary N) is 3. The minimum Gasteiger partial charge on any atom is -0.761 e. The summed E-state index contributed by atoms with van der Waals surface area (Å²) in [4.78, 5) is 19.1. The van der Waals surface area contributed by atoms with Crippen LogP contribution < -0.4 is 10.8 Å². The number of carbonyl (C=O) groups excluding carboxylic acids is 1. The van der Waals surface area contributed by atoms with Gasteiger partial charge in [0.1, 0.15) is 17.5 Å². The fourth-order valence-corrected chi connectivity index (χ4v) is 5.23. The first-order valence-electron chi connectivity index (χ1n) is 12.7. The minimum atomic E-state index is -1.52. The third-order valence-corrected chi connectivity index (χ3v) is 7.52. The Kier molecular flexibility index (Phi) is 8.33. The van der Waals surface area contributed by atoms with E-state index in [0.717, 1.165) is 0 Å². The van der Waals surface area contributed by atoms with Gasteiger partial charge in [-0.2, -0.15) is 5.26 Å². The molecule has 1 saturated carbocycles. The van der Waals surface area contributed by atoms with Crippen LogP contribution in [0.3, 0.4) is 0 Å². The lowest BCUT2D eigenvalue weighted by molar-refractivity contribution is 0.0756. The lowest BCUT2D eigenvalue weighted by atomic mass is 9.94. The van der Waals surface area contributed by atoms with Gasteiger partial charge in [-0.3, -0.25) is 5.32 Å². The van der Waals surface area contributed by atoms with Gasteiger partial charge in [-0.05, 0) is 78.2 Å². The molecule has 218 valence electrons. The van der Waals surface area contributed by atoms with Gasteiger partial charge < -0.3 is 25.5 Å². The number of amides is 1. The Morgan fingerprint density at radius 1 is 1.33 bits per heavy atom. The molecule has 1 aliphatic carbocycles. The maximum atomic E-state index is 11.7. The zero-order chi connectivity index (χ0) is 30.7. The van der Waals surface area contributed by atoms with E-state index in [9.17, 15) is 15.1 Å². The molecule has 1 unspecified atom stereocenters. The lowest BCUT2D eigenvalue weighted by Gasteiger charge is -2.21. The van der Waals surface area contributed by atoms with Crippen molar-refractivity contribution < 1.29 is 14.6 Å². The molecule has 0 bridgehead atoms. The first kappa shape index (κ1) is 29.6. The first-order valence-corrected chi connectivity index (χ1v) is 13.5. The van der Waals surface area contributed by atoms with Gasteiger partial charge in [0.2, 0.25) is 0 Å². The molecule has 1 aliphatic rings. The van der Waals surface area contributed by atoms with Crippen molar-refractivity contribution in [3.63, 3.8) is 0 Å². The predicted octanol–water partition coefficient (Wildman–Crippen LogP) is 5.61. The number of aromatic amines is 1. The Morgan fingerprint density at radius 3 is 2.84 bits per heavy atom. The average molecular weight is 618 g/mol. The first-order chi connectivity index (χ1) is 20.7. The number of hydroxylamine groups is 1. The number of aromatic nitrogens is 5. The molecule has 2 aromatic carbocycles. The number of benzene rings is 2. The van der Waals surface area contributed by atoms with E-state index >= 15 is 0 Å². The van der Waals surface area contributed by atoms with Crippen molar-refractivity contribution in [2.24, 2.45) is 0 Å². The number of aliphatic hydroxyl groups is 1. The largest absolute Gasteiger partial charge is 0.761 e. The lowest BCUT2D eigenvalue weighted by Crippen LogP contribution is -2.25. The normalized spacial score (nSPS) is 17.6. The highest BCUT2D eigenvalue weighted by Crippen LogP contribution is 2.46. The molecule has 5 rings (SSSR count). The molecule has 0 radical (unpaired) electrons. The van der Waals surface area contributed by atoms with Crippen LogP contribution in [0.4, 0.5) is 10.5 Å². The van der Waals surface area contributed by atoms with Crippen LogP contribution in [0.15, 0.2) is 78.8 Å². The SMILES string of the molecule is C=C1/C(=C\C(=C/N[O-])c2cc(Cl)ccc2-n2cc(C#N)nn2)CCC1(O)c1ncc(-c2ccc(NC(=O)OC)cc2Cl)[nH]1. The fraction of sp³-hybridized carbons (Fsp3) is 0.138. The zero-order valence-corrected chi connectivity index (χ0v) is 24.1. The van der Waals surface area contributed by atoms with Crippen molar-refractivity contribution in [2.45, 2.75) is 18.4 Å². The van der Waals surface area contributed by atoms with Crippen LogP contribution in [0.25, 0.3) is 22.5 Å². The van der Waals surface area contributed by atoms with E-state index in [2.05, 4.69) is 36.9 Å². The van der Waals surface area contributed by atoms with E-state index in [1.807, 2.05) is 11.5 Å². The van der Waals surface area contributed by atoms with Crippen LogP contribution in [0.1, 0.15) is 29.9 Å². The van der Waals surface area contributed by atoms with E-state index in [1.165, 1.54) is 24.2 Å². The summed E-state index contributed by atoms with van der Waals surface area (Å²) in [5.41, 5.74) is 4.58. The molecule has 2 heterocycles. The number of halogens is 2. The van der Waals surface area contributed by atoms with Gasteiger partial charge in [-0.25, -0.2) is 14.5 Å². The topological polar surface area (TPSA) is 177 Å². The predicted molar refractivity (Wildman–Crippen MR) is 161 cm³/mol. The molecule has 0 saturated heterocycles. The number of anilines is 1. The van der Waals surface area contributed by atoms with Gasteiger partial charge >= 0.3 is 6.09 Å². The number of imidazole rings is 1. The summed E-state index contributed by atoms with van der Waals surface area (Å²) in [5.74, 6) is 0.270. The zero-order valence-electron chi connectivity index (χ0n) is 22.6. The minimum absolute atomic E-state index is 0.119. The van der Waals surface area contributed by atoms with E-state index < -0.39 is 11.7 Å². The molecule has 12 nitrogen and oxygen atoms in total. The summed E-state index contributed by atoms with van der Waals surface area (Å²) in [6, 6.07) is 11.9. The summed E-state index contributed by atoms with van der Waals surface area (Å²) in [5, 5.41) is 43.6. The summed E-state index contributed by atoms with van der Waals surface area (Å²) >= 11 is 12.8. The molecule has 1 atom stereocenters. The standard InChI is InChI=1S/C29H23Cl2N8O4/c1-16-17(9-18(13-34-42)23-10-19(30)3-6-26(23)39-15-21(12-32)37-38-39)7-8-29(16,41)27-33-14-25(36-27)22-5-4-20(11-24(22)31)35-28(40)43-2/h3-6,9-11,13-15,34,41H,1,7-8H2,2H3,(H,33,36)(H,35,40)/q-1/b17-9-,18-13+. The second-order valence-corrected chi connectivity index (χ2v) is 10.3. The van der Waals surface area contributed by atoms with Gasteiger partial charge in [-0.15, -0.1) is 5.10 Å². The molecule has 0 spiro atoms. The number of hydrogen-bond donors (Lipinski definition) is 4. The van der Waals surface area contributed by atoms with Crippen molar-refractivity contribution in [3.05, 3.63) is 111 Å². The van der Waals surface area contributed by atoms with Crippen molar-refractivity contribution >= 4 is 40.6 Å². The van der Waals surface area contributed by atoms with E-state index in [-0.39, 0.29) is 17.9 Å². The molecule has 4 N–H and O–H groups in total. The van der Waals surface area contributed by atoms with Crippen molar-refractivity contribution in [1.29, 1.82) is 5.26 Å². The molecule has 4 aromatic rings. The van der Waals surface area contributed by atoms with Crippen LogP contribution >= 0.6 is 23.2 Å². The van der Waals surface area contributed by atoms with Gasteiger partial charge in [-0.1, -0.05) is 35.0 Å². The number of allylic oxidation sites excluding steroid dienone is 2. The second-order valence-electron chi connectivity index (χ2n) is 9.50. The molecule has 1 fully saturated rings. The van der Waals surface area contributed by atoms with Crippen LogP contribution in [0.2, 0.25) is 10.0 Å². The maximum Gasteiger partial charge on any atom is 0.411 e. The summed E-state index contributed by atoms with van der Waals surface area (Å²) in [6.07, 6.45) is 6.07. The summed E-state index contributed by atoms with van der Waals surface area (Å²) in [6.45, 7) is 4.16. The fourth-order valence-electron chi connectivity index (χ4n) is 4.77. The van der Waals surface area contributed by atoms with Gasteiger partial charge in [0.15, 0.2) is 5.69 Å². The summed E-state index contributed by atoms with van der Waals surface area (Å²) < 4.78 is 6.01. The summed E-state index contributed by atoms with van der Waals surface area (Å²) in [7, 11) is 1.26. The molecule has 14 heteroatoms. The maximum absolute atomic E-state index is 11.7. The van der Waals surface area contributed by atoms with Crippen LogP contribution in [0.5, 0.6) is 0 Å². The van der Waals surface area contributed by atoms with Crippen LogP contribution in [-0.4, -0.2) is 43.3 Å². The highest BCUT2D eigenvalue weighted by atomic mass is 35.5. The van der Waals surface area contributed by atoms with E-state index in [4.69, 9.17) is 28.5 Å². The third kappa shape index (κ3) is 5.88. The molecular formula is C29H23Cl2N8O4-. The van der Waals surface area contributed by atoms with Gasteiger partial charge in [0, 0.05) is 21.8 Å². The number of methoxy groups -OCH3 is 1. The molecule has 0 aliphatic heterocycles. The van der Waals surface area contributed by atoms with Crippen molar-refractivity contribution in [3.8, 4) is 23.0 Å². The van der Waals surface area contributed by atoms with Crippen molar-refractivity contribution in [1.82, 2.24) is 30.4 Å². The number of carbonyl (C=O) groups is 1. The third-order valence-electron chi connectivity index (χ3n) is 6.97. The van der Waals surface area contributed by atoms with Crippen molar-refractivity contribution in [2.75, 3.05) is 12.4 Å². The van der Waals surface area contributed by atoms with Crippen LogP contribution in [-0.2, 0) is 10.3 Å². The molecule has 43 heavy (non-hydrogen) atoms. The Hall–Kier alpha value is -4.93. The number of nitriles is 1. The Bertz CT molecular complexity index is 1840. The quantitative estimate of drug-likeness (QED) is 0.192. The number of rotatable bonds is 7. The molecular weight excluding hydrogens is 595 g/mol. The number of hydrogen-bond acceptors (Lipinski definition) is 9. The monoisotopic (exact) mass is 617 g/mol. The molecule has 2 aromatic heterocycles. The highest BCUT2D eigenvalue weighted by Gasteiger charge is 2.42. The Balaban J connectivity index is 1.45. The van der Waals surface area contributed by atoms with E-state index in [1.54, 1.807) is 48.7 Å². The second kappa shape index (κ2) is 12.1. The Morgan fingerprint density at radius 2 is 2.14 bits per heavy atom. The smallest absolute Gasteiger partial charge is 0.411 e. The van der Waals surface area contributed by atoms with E-state index in [0.29, 0.717) is 61.4 Å². The Labute approximate surface area is 255 Å². The number of ether oxygens (including phenoxy) is 1.